The third kappa shape index (κ3) is 3.57. The zero-order valence-corrected chi connectivity index (χ0v) is 10.2. The second-order valence-electron chi connectivity index (χ2n) is 4.59. The van der Waals surface area contributed by atoms with E-state index < -0.39 is 0 Å². The molecule has 0 aliphatic heterocycles. The molecule has 0 saturated heterocycles. The van der Waals surface area contributed by atoms with E-state index >= 15 is 0 Å². The summed E-state index contributed by atoms with van der Waals surface area (Å²) in [4.78, 5) is 11.9. The second-order valence-corrected chi connectivity index (χ2v) is 4.59. The Morgan fingerprint density at radius 1 is 1.31 bits per heavy atom. The number of carbonyl (C=O) groups is 1. The minimum atomic E-state index is -0.0914. The summed E-state index contributed by atoms with van der Waals surface area (Å²) in [6.45, 7) is 6.29. The van der Waals surface area contributed by atoms with E-state index in [4.69, 9.17) is 5.73 Å². The van der Waals surface area contributed by atoms with Gasteiger partial charge in [0, 0.05) is 11.7 Å². The van der Waals surface area contributed by atoms with Crippen LogP contribution >= 0.6 is 0 Å². The Hall–Kier alpha value is -1.51. The summed E-state index contributed by atoms with van der Waals surface area (Å²) in [5.74, 6) is 0.481. The van der Waals surface area contributed by atoms with Crippen molar-refractivity contribution in [3.8, 4) is 0 Å². The summed E-state index contributed by atoms with van der Waals surface area (Å²) >= 11 is 0. The number of para-hydroxylation sites is 1. The SMILES string of the molecule is CC(C)CC(C)NC(=O)c1ccccc1N. The maximum Gasteiger partial charge on any atom is 0.253 e. The highest BCUT2D eigenvalue weighted by atomic mass is 16.1. The first-order chi connectivity index (χ1) is 7.50. The maximum atomic E-state index is 11.9. The fourth-order valence-corrected chi connectivity index (χ4v) is 1.77. The molecule has 3 N–H and O–H groups in total. The molecule has 3 heteroatoms. The maximum absolute atomic E-state index is 11.9. The average Bonchev–Trinajstić information content (AvgIpc) is 2.16. The van der Waals surface area contributed by atoms with Gasteiger partial charge in [-0.2, -0.15) is 0 Å². The number of nitrogens with one attached hydrogen (secondary N) is 1. The van der Waals surface area contributed by atoms with Crippen molar-refractivity contribution in [3.63, 3.8) is 0 Å². The molecule has 0 aromatic heterocycles. The third-order valence-corrected chi connectivity index (χ3v) is 2.41. The van der Waals surface area contributed by atoms with Crippen molar-refractivity contribution < 1.29 is 4.79 Å². The molecule has 0 aliphatic carbocycles. The summed E-state index contributed by atoms with van der Waals surface area (Å²) in [5.41, 5.74) is 6.82. The van der Waals surface area contributed by atoms with Gasteiger partial charge in [-0.05, 0) is 31.4 Å². The molecule has 16 heavy (non-hydrogen) atoms. The van der Waals surface area contributed by atoms with Crippen LogP contribution in [0.2, 0.25) is 0 Å². The van der Waals surface area contributed by atoms with Crippen LogP contribution in [0.5, 0.6) is 0 Å². The summed E-state index contributed by atoms with van der Waals surface area (Å²) in [6.07, 6.45) is 0.971. The lowest BCUT2D eigenvalue weighted by Gasteiger charge is -2.16. The highest BCUT2D eigenvalue weighted by Crippen LogP contribution is 2.11. The van der Waals surface area contributed by atoms with Gasteiger partial charge in [0.1, 0.15) is 0 Å². The van der Waals surface area contributed by atoms with Crippen molar-refractivity contribution >= 4 is 11.6 Å². The van der Waals surface area contributed by atoms with E-state index in [1.165, 1.54) is 0 Å². The Morgan fingerprint density at radius 3 is 2.50 bits per heavy atom. The molecule has 0 saturated carbocycles. The van der Waals surface area contributed by atoms with Crippen molar-refractivity contribution in [2.75, 3.05) is 5.73 Å². The molecule has 88 valence electrons. The number of carbonyl (C=O) groups excluding carboxylic acids is 1. The van der Waals surface area contributed by atoms with Crippen LogP contribution < -0.4 is 11.1 Å². The van der Waals surface area contributed by atoms with Crippen molar-refractivity contribution in [2.45, 2.75) is 33.2 Å². The highest BCUT2D eigenvalue weighted by Gasteiger charge is 2.12. The van der Waals surface area contributed by atoms with Crippen LogP contribution in [0.3, 0.4) is 0 Å². The van der Waals surface area contributed by atoms with Crippen LogP contribution in [0.25, 0.3) is 0 Å². The van der Waals surface area contributed by atoms with E-state index in [1.807, 2.05) is 19.1 Å². The Morgan fingerprint density at radius 2 is 1.94 bits per heavy atom. The van der Waals surface area contributed by atoms with Gasteiger partial charge in [0.05, 0.1) is 5.56 Å². The molecule has 1 aromatic rings. The standard InChI is InChI=1S/C13H20N2O/c1-9(2)8-10(3)15-13(16)11-6-4-5-7-12(11)14/h4-7,9-10H,8,14H2,1-3H3,(H,15,16). The van der Waals surface area contributed by atoms with Gasteiger partial charge in [-0.1, -0.05) is 26.0 Å². The summed E-state index contributed by atoms with van der Waals surface area (Å²) in [7, 11) is 0. The first-order valence-electron chi connectivity index (χ1n) is 5.66. The lowest BCUT2D eigenvalue weighted by atomic mass is 10.0. The lowest BCUT2D eigenvalue weighted by Crippen LogP contribution is -2.33. The van der Waals surface area contributed by atoms with Gasteiger partial charge in [0.15, 0.2) is 0 Å². The highest BCUT2D eigenvalue weighted by molar-refractivity contribution is 5.99. The quantitative estimate of drug-likeness (QED) is 0.766. The molecule has 1 aromatic carbocycles. The summed E-state index contributed by atoms with van der Waals surface area (Å²) in [6, 6.07) is 7.30. The van der Waals surface area contributed by atoms with Crippen LogP contribution in [-0.2, 0) is 0 Å². The number of benzene rings is 1. The number of anilines is 1. The minimum absolute atomic E-state index is 0.0914. The largest absolute Gasteiger partial charge is 0.398 e. The molecule has 0 radical (unpaired) electrons. The number of nitrogen functional groups attached to an aromatic ring is 1. The van der Waals surface area contributed by atoms with Gasteiger partial charge in [-0.15, -0.1) is 0 Å². The molecule has 0 spiro atoms. The normalized spacial score (nSPS) is 12.5. The number of hydrogen-bond acceptors (Lipinski definition) is 2. The molecule has 1 atom stereocenters. The molecular formula is C13H20N2O. The van der Waals surface area contributed by atoms with Gasteiger partial charge >= 0.3 is 0 Å². The van der Waals surface area contributed by atoms with Gasteiger partial charge < -0.3 is 11.1 Å². The monoisotopic (exact) mass is 220 g/mol. The van der Waals surface area contributed by atoms with Crippen LogP contribution in [0.1, 0.15) is 37.6 Å². The van der Waals surface area contributed by atoms with E-state index in [-0.39, 0.29) is 11.9 Å². The van der Waals surface area contributed by atoms with Crippen molar-refractivity contribution in [1.82, 2.24) is 5.32 Å². The fraction of sp³-hybridized carbons (Fsp3) is 0.462. The van der Waals surface area contributed by atoms with Gasteiger partial charge in [0.2, 0.25) is 0 Å². The second kappa shape index (κ2) is 5.54. The zero-order valence-electron chi connectivity index (χ0n) is 10.2. The van der Waals surface area contributed by atoms with Crippen molar-refractivity contribution in [3.05, 3.63) is 29.8 Å². The molecule has 1 amide bonds. The molecular weight excluding hydrogens is 200 g/mol. The smallest absolute Gasteiger partial charge is 0.253 e. The molecule has 3 nitrogen and oxygen atoms in total. The predicted molar refractivity (Wildman–Crippen MR) is 67.2 cm³/mol. The Labute approximate surface area is 97.0 Å². The predicted octanol–water partition coefficient (Wildman–Crippen LogP) is 2.43. The Bertz CT molecular complexity index is 361. The van der Waals surface area contributed by atoms with Crippen molar-refractivity contribution in [1.29, 1.82) is 0 Å². The van der Waals surface area contributed by atoms with Crippen LogP contribution in [-0.4, -0.2) is 11.9 Å². The molecule has 1 unspecified atom stereocenters. The van der Waals surface area contributed by atoms with E-state index in [9.17, 15) is 4.79 Å². The topological polar surface area (TPSA) is 55.1 Å². The van der Waals surface area contributed by atoms with E-state index in [0.29, 0.717) is 17.2 Å². The molecule has 0 fully saturated rings. The van der Waals surface area contributed by atoms with E-state index in [2.05, 4.69) is 19.2 Å². The number of amides is 1. The summed E-state index contributed by atoms with van der Waals surface area (Å²) in [5, 5.41) is 2.95. The van der Waals surface area contributed by atoms with Gasteiger partial charge in [0.25, 0.3) is 5.91 Å². The van der Waals surface area contributed by atoms with E-state index in [1.54, 1.807) is 12.1 Å². The molecule has 0 bridgehead atoms. The number of nitrogens with two attached hydrogens (primary N) is 1. The first kappa shape index (κ1) is 12.6. The Kier molecular flexibility index (Phi) is 4.35. The van der Waals surface area contributed by atoms with E-state index in [0.717, 1.165) is 6.42 Å². The van der Waals surface area contributed by atoms with Crippen LogP contribution in [0.4, 0.5) is 5.69 Å². The first-order valence-corrected chi connectivity index (χ1v) is 5.66. The number of rotatable bonds is 4. The van der Waals surface area contributed by atoms with Gasteiger partial charge in [-0.3, -0.25) is 4.79 Å². The molecule has 0 aliphatic rings. The lowest BCUT2D eigenvalue weighted by molar-refractivity contribution is 0.0937. The third-order valence-electron chi connectivity index (χ3n) is 2.41. The van der Waals surface area contributed by atoms with Gasteiger partial charge in [-0.25, -0.2) is 0 Å². The summed E-state index contributed by atoms with van der Waals surface area (Å²) < 4.78 is 0. The number of hydrogen-bond donors (Lipinski definition) is 2. The van der Waals surface area contributed by atoms with Crippen LogP contribution in [0.15, 0.2) is 24.3 Å². The Balaban J connectivity index is 2.63. The fourth-order valence-electron chi connectivity index (χ4n) is 1.77. The molecule has 0 heterocycles. The average molecular weight is 220 g/mol. The van der Waals surface area contributed by atoms with Crippen LogP contribution in [0, 0.1) is 5.92 Å². The molecule has 1 rings (SSSR count). The minimum Gasteiger partial charge on any atom is -0.398 e. The zero-order chi connectivity index (χ0) is 12.1. The van der Waals surface area contributed by atoms with Crippen molar-refractivity contribution in [2.24, 2.45) is 5.92 Å².